The van der Waals surface area contributed by atoms with Crippen molar-refractivity contribution in [3.05, 3.63) is 34.9 Å². The fraction of sp³-hybridized carbons (Fsp3) is 0.588. The Morgan fingerprint density at radius 2 is 2.10 bits per heavy atom. The van der Waals surface area contributed by atoms with Crippen molar-refractivity contribution in [3.63, 3.8) is 0 Å². The molecule has 3 heteroatoms. The number of nitrogens with zero attached hydrogens (tertiary/aromatic N) is 1. The van der Waals surface area contributed by atoms with Crippen LogP contribution in [0.15, 0.2) is 18.2 Å². The zero-order chi connectivity index (χ0) is 14.5. The van der Waals surface area contributed by atoms with Gasteiger partial charge in [0.15, 0.2) is 5.78 Å². The molecule has 0 aromatic heterocycles. The van der Waals surface area contributed by atoms with E-state index >= 15 is 0 Å². The van der Waals surface area contributed by atoms with Gasteiger partial charge in [-0.2, -0.15) is 0 Å². The van der Waals surface area contributed by atoms with Crippen LogP contribution >= 0.6 is 0 Å². The van der Waals surface area contributed by atoms with Gasteiger partial charge in [-0.15, -0.1) is 0 Å². The first-order valence-corrected chi connectivity index (χ1v) is 7.57. The summed E-state index contributed by atoms with van der Waals surface area (Å²) in [6, 6.07) is 6.12. The summed E-state index contributed by atoms with van der Waals surface area (Å²) >= 11 is 0. The van der Waals surface area contributed by atoms with E-state index in [1.165, 1.54) is 12.0 Å². The number of carbonyl (C=O) groups is 1. The first-order valence-electron chi connectivity index (χ1n) is 7.57. The Morgan fingerprint density at radius 3 is 2.80 bits per heavy atom. The van der Waals surface area contributed by atoms with E-state index in [0.29, 0.717) is 6.54 Å². The van der Waals surface area contributed by atoms with Crippen molar-refractivity contribution < 1.29 is 9.90 Å². The van der Waals surface area contributed by atoms with Gasteiger partial charge in [0.05, 0.1) is 13.2 Å². The molecule has 2 rings (SSSR count). The van der Waals surface area contributed by atoms with Gasteiger partial charge in [0.1, 0.15) is 0 Å². The predicted molar refractivity (Wildman–Crippen MR) is 81.2 cm³/mol. The van der Waals surface area contributed by atoms with E-state index in [4.69, 9.17) is 0 Å². The van der Waals surface area contributed by atoms with Crippen molar-refractivity contribution in [1.29, 1.82) is 0 Å². The highest BCUT2D eigenvalue weighted by Crippen LogP contribution is 2.18. The normalized spacial score (nSPS) is 20.6. The van der Waals surface area contributed by atoms with Gasteiger partial charge in [-0.3, -0.25) is 9.69 Å². The number of benzene rings is 1. The third kappa shape index (κ3) is 3.68. The lowest BCUT2D eigenvalue weighted by Crippen LogP contribution is -2.41. The van der Waals surface area contributed by atoms with Gasteiger partial charge in [-0.25, -0.2) is 0 Å². The van der Waals surface area contributed by atoms with E-state index in [1.54, 1.807) is 0 Å². The molecule has 0 saturated carbocycles. The Balaban J connectivity index is 2.09. The zero-order valence-electron chi connectivity index (χ0n) is 12.6. The molecule has 1 aliphatic heterocycles. The van der Waals surface area contributed by atoms with Crippen LogP contribution in [0.25, 0.3) is 0 Å². The van der Waals surface area contributed by atoms with Crippen molar-refractivity contribution in [3.8, 4) is 0 Å². The second kappa shape index (κ2) is 7.00. The van der Waals surface area contributed by atoms with Gasteiger partial charge in [0.2, 0.25) is 0 Å². The van der Waals surface area contributed by atoms with Crippen molar-refractivity contribution in [2.45, 2.75) is 45.6 Å². The number of hydrogen-bond acceptors (Lipinski definition) is 3. The number of likely N-dealkylation sites (tertiary alicyclic amines) is 1. The van der Waals surface area contributed by atoms with E-state index in [0.717, 1.165) is 36.9 Å². The summed E-state index contributed by atoms with van der Waals surface area (Å²) in [4.78, 5) is 14.7. The average molecular weight is 275 g/mol. The molecule has 1 atom stereocenters. The highest BCUT2D eigenvalue weighted by Gasteiger charge is 2.23. The van der Waals surface area contributed by atoms with Crippen LogP contribution < -0.4 is 0 Å². The minimum atomic E-state index is 0.146. The van der Waals surface area contributed by atoms with E-state index in [9.17, 15) is 9.90 Å². The standard InChI is InChI=1S/C17H25NO2/c1-13-7-8-16(14(2)10-13)17(20)11-18-9-5-3-4-6-15(18)12-19/h7-8,10,15,19H,3-6,9,11-12H2,1-2H3. The molecule has 0 amide bonds. The molecule has 1 unspecified atom stereocenters. The highest BCUT2D eigenvalue weighted by atomic mass is 16.3. The minimum Gasteiger partial charge on any atom is -0.395 e. The molecule has 3 nitrogen and oxygen atoms in total. The van der Waals surface area contributed by atoms with Crippen molar-refractivity contribution in [2.24, 2.45) is 0 Å². The third-order valence-corrected chi connectivity index (χ3v) is 4.24. The summed E-state index contributed by atoms with van der Waals surface area (Å²) in [5.41, 5.74) is 3.05. The van der Waals surface area contributed by atoms with Crippen molar-refractivity contribution >= 4 is 5.78 Å². The molecule has 1 saturated heterocycles. The van der Waals surface area contributed by atoms with Crippen LogP contribution in [0, 0.1) is 13.8 Å². The molecular formula is C17H25NO2. The van der Waals surface area contributed by atoms with Crippen LogP contribution in [0.3, 0.4) is 0 Å². The summed E-state index contributed by atoms with van der Waals surface area (Å²) < 4.78 is 0. The first-order chi connectivity index (χ1) is 9.61. The fourth-order valence-corrected chi connectivity index (χ4v) is 3.05. The Kier molecular flexibility index (Phi) is 5.32. The van der Waals surface area contributed by atoms with Crippen molar-refractivity contribution in [2.75, 3.05) is 19.7 Å². The molecule has 1 heterocycles. The summed E-state index contributed by atoms with van der Waals surface area (Å²) in [7, 11) is 0. The Labute approximate surface area is 121 Å². The van der Waals surface area contributed by atoms with E-state index < -0.39 is 0 Å². The average Bonchev–Trinajstić information content (AvgIpc) is 2.63. The summed E-state index contributed by atoms with van der Waals surface area (Å²) in [6.45, 7) is 5.53. The highest BCUT2D eigenvalue weighted by molar-refractivity contribution is 5.99. The van der Waals surface area contributed by atoms with Gasteiger partial charge >= 0.3 is 0 Å². The number of hydrogen-bond donors (Lipinski definition) is 1. The maximum Gasteiger partial charge on any atom is 0.177 e. The Morgan fingerprint density at radius 1 is 1.30 bits per heavy atom. The molecule has 110 valence electrons. The quantitative estimate of drug-likeness (QED) is 0.859. The van der Waals surface area contributed by atoms with Gasteiger partial charge in [-0.05, 0) is 38.8 Å². The van der Waals surface area contributed by atoms with Crippen LogP contribution in [-0.4, -0.2) is 41.5 Å². The number of carbonyl (C=O) groups excluding carboxylic acids is 1. The summed E-state index contributed by atoms with van der Waals surface area (Å²) in [6.07, 6.45) is 4.47. The molecule has 0 bridgehead atoms. The van der Waals surface area contributed by atoms with Gasteiger partial charge < -0.3 is 5.11 Å². The smallest absolute Gasteiger partial charge is 0.177 e. The van der Waals surface area contributed by atoms with Crippen molar-refractivity contribution in [1.82, 2.24) is 4.90 Å². The largest absolute Gasteiger partial charge is 0.395 e. The summed E-state index contributed by atoms with van der Waals surface area (Å²) in [5, 5.41) is 9.51. The zero-order valence-corrected chi connectivity index (χ0v) is 12.6. The SMILES string of the molecule is Cc1ccc(C(=O)CN2CCCCCC2CO)c(C)c1. The van der Waals surface area contributed by atoms with E-state index in [2.05, 4.69) is 11.0 Å². The molecule has 1 fully saturated rings. The number of rotatable bonds is 4. The number of aliphatic hydroxyl groups is 1. The number of ketones is 1. The Bertz CT molecular complexity index is 470. The van der Waals surface area contributed by atoms with E-state index in [-0.39, 0.29) is 18.4 Å². The molecule has 20 heavy (non-hydrogen) atoms. The molecular weight excluding hydrogens is 250 g/mol. The second-order valence-corrected chi connectivity index (χ2v) is 5.90. The lowest BCUT2D eigenvalue weighted by Gasteiger charge is -2.27. The first kappa shape index (κ1) is 15.2. The number of Topliss-reactive ketones (excluding diaryl/α,β-unsaturated/α-hetero) is 1. The molecule has 1 N–H and O–H groups in total. The molecule has 0 radical (unpaired) electrons. The van der Waals surface area contributed by atoms with E-state index in [1.807, 2.05) is 26.0 Å². The lowest BCUT2D eigenvalue weighted by atomic mass is 10.0. The van der Waals surface area contributed by atoms with Crippen LogP contribution in [0.1, 0.15) is 47.2 Å². The molecule has 1 aromatic rings. The molecule has 1 aromatic carbocycles. The molecule has 1 aliphatic rings. The predicted octanol–water partition coefficient (Wildman–Crippen LogP) is 2.72. The van der Waals surface area contributed by atoms with Crippen LogP contribution in [0.2, 0.25) is 0 Å². The minimum absolute atomic E-state index is 0.146. The maximum absolute atomic E-state index is 12.5. The maximum atomic E-state index is 12.5. The fourth-order valence-electron chi connectivity index (χ4n) is 3.05. The monoisotopic (exact) mass is 275 g/mol. The van der Waals surface area contributed by atoms with Gasteiger partial charge in [0.25, 0.3) is 0 Å². The van der Waals surface area contributed by atoms with Crippen LogP contribution in [0.5, 0.6) is 0 Å². The second-order valence-electron chi connectivity index (χ2n) is 5.90. The molecule has 0 spiro atoms. The topological polar surface area (TPSA) is 40.5 Å². The Hall–Kier alpha value is -1.19. The van der Waals surface area contributed by atoms with Crippen LogP contribution in [-0.2, 0) is 0 Å². The van der Waals surface area contributed by atoms with Crippen LogP contribution in [0.4, 0.5) is 0 Å². The lowest BCUT2D eigenvalue weighted by molar-refractivity contribution is 0.0825. The van der Waals surface area contributed by atoms with Gasteiger partial charge in [-0.1, -0.05) is 36.6 Å². The van der Waals surface area contributed by atoms with Gasteiger partial charge in [0, 0.05) is 11.6 Å². The number of aliphatic hydroxyl groups excluding tert-OH is 1. The summed E-state index contributed by atoms with van der Waals surface area (Å²) in [5.74, 6) is 0.169. The number of aryl methyl sites for hydroxylation is 2. The third-order valence-electron chi connectivity index (χ3n) is 4.24. The molecule has 0 aliphatic carbocycles.